The van der Waals surface area contributed by atoms with E-state index in [1.165, 1.54) is 15.3 Å². The largest absolute Gasteiger partial charge is 0.404 e. The van der Waals surface area contributed by atoms with Gasteiger partial charge in [0.05, 0.1) is 11.8 Å². The second kappa shape index (κ2) is 16.9. The van der Waals surface area contributed by atoms with Crippen molar-refractivity contribution in [1.29, 1.82) is 0 Å². The van der Waals surface area contributed by atoms with Crippen LogP contribution in [0.5, 0.6) is 0 Å². The average molecular weight is 837 g/mol. The van der Waals surface area contributed by atoms with Crippen molar-refractivity contribution in [3.05, 3.63) is 118 Å². The Morgan fingerprint density at radius 2 is 1.32 bits per heavy atom. The van der Waals surface area contributed by atoms with Crippen LogP contribution in [0, 0.1) is 11.8 Å². The number of piperidine rings is 2. The van der Waals surface area contributed by atoms with Crippen molar-refractivity contribution in [3.8, 4) is 11.1 Å². The Morgan fingerprint density at radius 1 is 0.772 bits per heavy atom. The van der Waals surface area contributed by atoms with Gasteiger partial charge in [-0.1, -0.05) is 117 Å². The normalized spacial score (nSPS) is 19.8. The fourth-order valence-corrected chi connectivity index (χ4v) is 14.7. The molecule has 2 amide bonds. The number of hydrogen-bond acceptors (Lipinski definition) is 4. The molecule has 0 spiro atoms. The number of amides is 2. The second-order valence-electron chi connectivity index (χ2n) is 16.7. The predicted molar refractivity (Wildman–Crippen MR) is 224 cm³/mol. The second-order valence-corrected chi connectivity index (χ2v) is 21.8. The highest BCUT2D eigenvalue weighted by atomic mass is 35.5. The molecule has 3 fully saturated rings. The number of carbonyl (C=O) groups is 2. The van der Waals surface area contributed by atoms with E-state index in [4.69, 9.17) is 27.6 Å². The zero-order chi connectivity index (χ0) is 40.5. The fraction of sp³-hybridized carbons (Fsp3) is 0.422. The molecule has 0 bridgehead atoms. The maximum absolute atomic E-state index is 13.4. The molecule has 3 aliphatic rings. The summed E-state index contributed by atoms with van der Waals surface area (Å²) in [5, 5.41) is 6.29. The van der Waals surface area contributed by atoms with Gasteiger partial charge in [0.1, 0.15) is 0 Å². The number of halogens is 5. The molecule has 0 radical (unpaired) electrons. The molecule has 3 saturated heterocycles. The molecule has 3 aliphatic heterocycles. The highest BCUT2D eigenvalue weighted by molar-refractivity contribution is 6.99. The van der Waals surface area contributed by atoms with Gasteiger partial charge in [0.2, 0.25) is 5.91 Å². The van der Waals surface area contributed by atoms with E-state index in [2.05, 4.69) is 91.7 Å². The van der Waals surface area contributed by atoms with E-state index in [0.29, 0.717) is 41.7 Å². The van der Waals surface area contributed by atoms with E-state index in [1.54, 1.807) is 24.3 Å². The molecular weight excluding hydrogens is 786 g/mol. The highest BCUT2D eigenvalue weighted by Gasteiger charge is 2.52. The number of likely N-dealkylation sites (tertiary alicyclic amines) is 2. The summed E-state index contributed by atoms with van der Waals surface area (Å²) in [5.41, 5.74) is 2.68. The van der Waals surface area contributed by atoms with Crippen LogP contribution in [0.15, 0.2) is 97.1 Å². The molecule has 0 aliphatic carbocycles. The predicted octanol–water partition coefficient (Wildman–Crippen LogP) is 9.29. The van der Waals surface area contributed by atoms with E-state index >= 15 is 0 Å². The first kappa shape index (κ1) is 41.5. The molecule has 302 valence electrons. The topological polar surface area (TPSA) is 61.9 Å². The smallest absolute Gasteiger partial charge is 0.391 e. The summed E-state index contributed by atoms with van der Waals surface area (Å²) in [6.45, 7) is 9.01. The number of hydrogen-bond donors (Lipinski definition) is 1. The number of rotatable bonds is 9. The van der Waals surface area contributed by atoms with Gasteiger partial charge >= 0.3 is 6.18 Å². The molecule has 0 aromatic heterocycles. The van der Waals surface area contributed by atoms with E-state index in [1.807, 2.05) is 12.1 Å². The third-order valence-electron chi connectivity index (χ3n) is 12.2. The van der Waals surface area contributed by atoms with Crippen molar-refractivity contribution in [3.63, 3.8) is 0 Å². The Morgan fingerprint density at radius 3 is 1.79 bits per heavy atom. The first-order valence-electron chi connectivity index (χ1n) is 19.9. The van der Waals surface area contributed by atoms with Crippen LogP contribution in [0.25, 0.3) is 11.1 Å². The van der Waals surface area contributed by atoms with Crippen LogP contribution < -0.4 is 15.7 Å². The van der Waals surface area contributed by atoms with Crippen LogP contribution in [-0.2, 0) is 9.22 Å². The zero-order valence-electron chi connectivity index (χ0n) is 32.6. The molecule has 6 nitrogen and oxygen atoms in total. The highest BCUT2D eigenvalue weighted by Crippen LogP contribution is 2.45. The standard InChI is InChI=1S/C45H50Cl2F3N3O3Si/c1-44(2,3)57(35-10-6-4-7-11-35,36-12-8-5-9-13-36)56-34-21-26-52(27-22-34)41(37-18-23-51-42(37)54)40-38(46)28-32(29-39(40)47)30-14-16-31(17-15-30)43(55)53-24-19-33(20-25-53)45(48,49)50/h4-17,28-29,33-34,37,41H,18-27H2,1-3H3,(H,51,54). The van der Waals surface area contributed by atoms with Crippen LogP contribution in [0.3, 0.4) is 0 Å². The minimum absolute atomic E-state index is 0.00946. The van der Waals surface area contributed by atoms with Crippen molar-refractivity contribution in [2.75, 3.05) is 32.7 Å². The molecule has 0 saturated carbocycles. The van der Waals surface area contributed by atoms with Gasteiger partial charge in [-0.15, -0.1) is 0 Å². The molecule has 1 N–H and O–H groups in total. The van der Waals surface area contributed by atoms with Crippen molar-refractivity contribution in [2.45, 2.75) is 76.2 Å². The number of nitrogens with one attached hydrogen (secondary N) is 1. The van der Waals surface area contributed by atoms with Gasteiger partial charge in [-0.3, -0.25) is 14.5 Å². The van der Waals surface area contributed by atoms with E-state index in [-0.39, 0.29) is 60.8 Å². The Balaban J connectivity index is 1.10. The molecular formula is C45H50Cl2F3N3O3Si. The minimum Gasteiger partial charge on any atom is -0.404 e. The summed E-state index contributed by atoms with van der Waals surface area (Å²) >= 11 is 14.3. The average Bonchev–Trinajstić information content (AvgIpc) is 3.63. The van der Waals surface area contributed by atoms with Gasteiger partial charge in [0, 0.05) is 66.0 Å². The Bertz CT molecular complexity index is 1970. The maximum Gasteiger partial charge on any atom is 0.391 e. The van der Waals surface area contributed by atoms with Gasteiger partial charge in [-0.2, -0.15) is 13.2 Å². The lowest BCUT2D eigenvalue weighted by Crippen LogP contribution is -2.68. The van der Waals surface area contributed by atoms with Crippen molar-refractivity contribution >= 4 is 53.7 Å². The number of carbonyl (C=O) groups excluding carboxylic acids is 2. The first-order valence-corrected chi connectivity index (χ1v) is 22.6. The van der Waals surface area contributed by atoms with Crippen molar-refractivity contribution in [2.24, 2.45) is 11.8 Å². The van der Waals surface area contributed by atoms with Gasteiger partial charge < -0.3 is 14.6 Å². The van der Waals surface area contributed by atoms with Crippen LogP contribution in [0.2, 0.25) is 15.1 Å². The summed E-state index contributed by atoms with van der Waals surface area (Å²) in [7, 11) is -2.75. The Kier molecular flexibility index (Phi) is 12.3. The molecule has 4 aromatic rings. The van der Waals surface area contributed by atoms with Gasteiger partial charge in [0.15, 0.2) is 0 Å². The Labute approximate surface area is 344 Å². The number of benzene rings is 4. The van der Waals surface area contributed by atoms with Crippen LogP contribution in [-0.4, -0.2) is 74.9 Å². The molecule has 12 heteroatoms. The number of nitrogens with zero attached hydrogens (tertiary/aromatic N) is 2. The van der Waals surface area contributed by atoms with Gasteiger partial charge in [-0.05, 0) is 82.9 Å². The quantitative estimate of drug-likeness (QED) is 0.171. The van der Waals surface area contributed by atoms with Crippen LogP contribution in [0.4, 0.5) is 13.2 Å². The van der Waals surface area contributed by atoms with Crippen LogP contribution >= 0.6 is 23.2 Å². The molecule has 2 atom stereocenters. The Hall–Kier alpha value is -3.67. The van der Waals surface area contributed by atoms with Gasteiger partial charge in [0.25, 0.3) is 14.2 Å². The first-order chi connectivity index (χ1) is 27.2. The lowest BCUT2D eigenvalue weighted by atomic mass is 9.87. The van der Waals surface area contributed by atoms with Crippen molar-refractivity contribution < 1.29 is 27.2 Å². The zero-order valence-corrected chi connectivity index (χ0v) is 35.1. The summed E-state index contributed by atoms with van der Waals surface area (Å²) < 4.78 is 47.0. The van der Waals surface area contributed by atoms with E-state index in [9.17, 15) is 22.8 Å². The molecule has 4 aromatic carbocycles. The fourth-order valence-electron chi connectivity index (χ4n) is 9.20. The van der Waals surface area contributed by atoms with Crippen LogP contribution in [0.1, 0.15) is 74.8 Å². The van der Waals surface area contributed by atoms with E-state index < -0.39 is 20.4 Å². The summed E-state index contributed by atoms with van der Waals surface area (Å²) in [5.74, 6) is -1.99. The lowest BCUT2D eigenvalue weighted by molar-refractivity contribution is -0.183. The van der Waals surface area contributed by atoms with Gasteiger partial charge in [-0.25, -0.2) is 0 Å². The third-order valence-corrected chi connectivity index (χ3v) is 17.9. The maximum atomic E-state index is 13.4. The van der Waals surface area contributed by atoms with E-state index in [0.717, 1.165) is 29.5 Å². The minimum atomic E-state index is -4.24. The summed E-state index contributed by atoms with van der Waals surface area (Å²) in [4.78, 5) is 30.4. The summed E-state index contributed by atoms with van der Waals surface area (Å²) in [6, 6.07) is 31.7. The SMILES string of the molecule is CC(C)(C)[Si](OC1CCN(C(c2c(Cl)cc(-c3ccc(C(=O)N4CCC(C(F)(F)F)CC4)cc3)cc2Cl)C2CCNC2=O)CC1)(c1ccccc1)c1ccccc1. The van der Waals surface area contributed by atoms with Crippen molar-refractivity contribution in [1.82, 2.24) is 15.1 Å². The molecule has 2 unspecified atom stereocenters. The third kappa shape index (κ3) is 8.57. The summed E-state index contributed by atoms with van der Waals surface area (Å²) in [6.07, 6.45) is -2.17. The molecule has 7 rings (SSSR count). The monoisotopic (exact) mass is 835 g/mol. The lowest BCUT2D eigenvalue weighted by Gasteiger charge is -2.47. The number of alkyl halides is 3. The molecule has 3 heterocycles. The molecule has 57 heavy (non-hydrogen) atoms.